The van der Waals surface area contributed by atoms with Crippen molar-refractivity contribution in [2.24, 2.45) is 5.73 Å². The minimum absolute atomic E-state index is 0.0127. The first-order chi connectivity index (χ1) is 11.2. The van der Waals surface area contributed by atoms with Crippen LogP contribution in [0.4, 0.5) is 0 Å². The second-order valence-corrected chi connectivity index (χ2v) is 7.51. The summed E-state index contributed by atoms with van der Waals surface area (Å²) in [6.45, 7) is 0. The molecule has 2 nitrogen and oxygen atoms in total. The maximum atomic E-state index is 13.2. The van der Waals surface area contributed by atoms with Gasteiger partial charge in [-0.3, -0.25) is 4.79 Å². The lowest BCUT2D eigenvalue weighted by molar-refractivity contribution is -0.128. The molecular weight excluding hydrogens is 318 g/mol. The van der Waals surface area contributed by atoms with E-state index in [9.17, 15) is 4.79 Å². The number of carbonyl (C=O) groups is 1. The van der Waals surface area contributed by atoms with Crippen molar-refractivity contribution in [3.05, 3.63) is 5.56 Å². The summed E-state index contributed by atoms with van der Waals surface area (Å²) in [6.07, 6.45) is -1.36. The fourth-order valence-corrected chi connectivity index (χ4v) is 4.43. The minimum Gasteiger partial charge on any atom is -0.316 e. The van der Waals surface area contributed by atoms with E-state index in [1.54, 1.807) is 0 Å². The summed E-state index contributed by atoms with van der Waals surface area (Å²) in [5, 5.41) is -5.74. The van der Waals surface area contributed by atoms with Crippen LogP contribution in [0.15, 0.2) is 0 Å². The Morgan fingerprint density at radius 2 is 1.40 bits per heavy atom. The largest absolute Gasteiger partial charge is 0.316 e. The second-order valence-electron chi connectivity index (χ2n) is 7.07. The molecule has 2 unspecified atom stereocenters. The van der Waals surface area contributed by atoms with Crippen molar-refractivity contribution in [2.75, 3.05) is 0 Å². The fraction of sp³-hybridized carbons (Fsp3) is 0.417. The molecule has 1 fully saturated rings. The van der Waals surface area contributed by atoms with Crippen molar-refractivity contribution in [2.45, 2.75) is 27.6 Å². The molecule has 0 spiro atoms. The van der Waals surface area contributed by atoms with Gasteiger partial charge < -0.3 is 5.73 Å². The molecule has 1 aromatic carbocycles. The number of carbonyl (C=O) groups excluding carboxylic acids is 1. The smallest absolute Gasteiger partial charge is 0.283 e. The van der Waals surface area contributed by atoms with E-state index in [1.807, 2.05) is 0 Å². The fourth-order valence-electron chi connectivity index (χ4n) is 3.95. The lowest BCUT2D eigenvalue weighted by atomic mass is 9.17. The topological polar surface area (TPSA) is 43.1 Å². The van der Waals surface area contributed by atoms with Gasteiger partial charge in [0.1, 0.15) is 37.2 Å². The highest BCUT2D eigenvalue weighted by Crippen LogP contribution is 2.67. The van der Waals surface area contributed by atoms with Gasteiger partial charge in [0.2, 0.25) is 0 Å². The Bertz CT molecular complexity index is 829. The van der Waals surface area contributed by atoms with Crippen LogP contribution in [0.1, 0.15) is 12.0 Å². The van der Waals surface area contributed by atoms with Crippen molar-refractivity contribution in [1.82, 2.24) is 0 Å². The predicted molar refractivity (Wildman–Crippen MR) is 112 cm³/mol. The number of fused-ring (bicyclic) bond motifs is 3. The Balaban J connectivity index is 2.46. The van der Waals surface area contributed by atoms with Crippen molar-refractivity contribution in [3.63, 3.8) is 0 Å². The molecular formula is C12H4B10ClNO. The van der Waals surface area contributed by atoms with Gasteiger partial charge in [0.05, 0.1) is 44.8 Å². The van der Waals surface area contributed by atoms with E-state index >= 15 is 0 Å². The molecule has 0 bridgehead atoms. The van der Waals surface area contributed by atoms with Crippen LogP contribution in [0.2, 0.25) is 15.6 Å². The molecule has 2 atom stereocenters. The van der Waals surface area contributed by atoms with Gasteiger partial charge in [-0.1, -0.05) is 22.6 Å². The number of hydrogen-bond acceptors (Lipinski definition) is 2. The number of ketones is 1. The van der Waals surface area contributed by atoms with Crippen LogP contribution in [0, 0.1) is 0 Å². The summed E-state index contributed by atoms with van der Waals surface area (Å²) in [4.78, 5) is 13.2. The highest BCUT2D eigenvalue weighted by atomic mass is 35.5. The molecule has 1 heterocycles. The molecule has 1 saturated carbocycles. The third-order valence-corrected chi connectivity index (χ3v) is 6.23. The van der Waals surface area contributed by atoms with Crippen molar-refractivity contribution in [1.29, 1.82) is 0 Å². The van der Waals surface area contributed by atoms with Crippen LogP contribution in [0.5, 0.6) is 0 Å². The first-order valence-corrected chi connectivity index (χ1v) is 7.78. The van der Waals surface area contributed by atoms with Crippen LogP contribution < -0.4 is 33.0 Å². The average Bonchev–Trinajstić information content (AvgIpc) is 2.68. The highest BCUT2D eigenvalue weighted by Gasteiger charge is 2.70. The number of hydrogen-bond donors (Lipinski definition) is 1. The summed E-state index contributed by atoms with van der Waals surface area (Å²) in [5.41, 5.74) is 4.66. The molecule has 13 heteroatoms. The first-order valence-electron chi connectivity index (χ1n) is 7.34. The van der Waals surface area contributed by atoms with E-state index < -0.39 is 33.1 Å². The molecule has 1 aromatic rings. The van der Waals surface area contributed by atoms with Crippen molar-refractivity contribution in [3.8, 4) is 0 Å². The molecule has 1 aliphatic carbocycles. The monoisotopic (exact) mass is 323 g/mol. The number of benzene rings is 1. The molecule has 0 saturated heterocycles. The van der Waals surface area contributed by atoms with Crippen molar-refractivity contribution >= 4 is 121 Å². The van der Waals surface area contributed by atoms with Gasteiger partial charge in [-0.2, -0.15) is 11.5 Å². The van der Waals surface area contributed by atoms with Crippen LogP contribution in [-0.4, -0.2) is 82.5 Å². The lowest BCUT2D eigenvalue weighted by Gasteiger charge is -2.60. The van der Waals surface area contributed by atoms with E-state index in [2.05, 4.69) is 0 Å². The van der Waals surface area contributed by atoms with Gasteiger partial charge in [0.15, 0.2) is 0 Å². The maximum absolute atomic E-state index is 13.2. The van der Waals surface area contributed by atoms with E-state index in [-0.39, 0.29) is 39.3 Å². The van der Waals surface area contributed by atoms with E-state index in [1.165, 1.54) is 0 Å². The summed E-state index contributed by atoms with van der Waals surface area (Å²) in [6, 6.07) is 0. The molecule has 3 rings (SSSR count). The Kier molecular flexibility index (Phi) is 4.06. The van der Waals surface area contributed by atoms with Gasteiger partial charge >= 0.3 is 0 Å². The third-order valence-electron chi connectivity index (χ3n) is 5.62. The summed E-state index contributed by atoms with van der Waals surface area (Å²) >= 11 is 6.55. The molecule has 2 aliphatic rings. The van der Waals surface area contributed by atoms with Crippen LogP contribution >= 0.6 is 11.5 Å². The summed E-state index contributed by atoms with van der Waals surface area (Å²) in [7, 11) is 54.2. The van der Waals surface area contributed by atoms with Gasteiger partial charge in [-0.25, -0.2) is 0 Å². The molecule has 1 aliphatic heterocycles. The predicted octanol–water partition coefficient (Wildman–Crippen LogP) is -5.79. The van der Waals surface area contributed by atoms with Crippen LogP contribution in [0.25, 0.3) is 0 Å². The maximum Gasteiger partial charge on any atom is 0.283 e. The zero-order chi connectivity index (χ0) is 19.3. The van der Waals surface area contributed by atoms with E-state index in [4.69, 9.17) is 87.8 Å². The van der Waals surface area contributed by atoms with E-state index in [0.717, 1.165) is 0 Å². The Hall–Kier alpha value is -0.211. The summed E-state index contributed by atoms with van der Waals surface area (Å²) in [5.74, 6) is -0.918. The third kappa shape index (κ3) is 1.97. The average molecular weight is 322 g/mol. The zero-order valence-electron chi connectivity index (χ0n) is 13.3. The van der Waals surface area contributed by atoms with Crippen LogP contribution in [0.3, 0.4) is 0 Å². The molecule has 0 amide bonds. The number of nitrogens with two attached hydrogens (primary N) is 1. The summed E-state index contributed by atoms with van der Waals surface area (Å²) < 4.78 is 0. The Morgan fingerprint density at radius 1 is 0.920 bits per heavy atom. The van der Waals surface area contributed by atoms with Gasteiger partial charge in [-0.15, -0.1) is 21.6 Å². The molecule has 25 heavy (non-hydrogen) atoms. The second kappa shape index (κ2) is 5.19. The SMILES string of the molecule is [B]c1c([B])c([B])c2c(c1[B])B(Cl)C1([B])CC([B])([B])C([B])([B])C(=O)C21N. The lowest BCUT2D eigenvalue weighted by Crippen LogP contribution is -2.67. The quantitative estimate of drug-likeness (QED) is 0.484. The minimum atomic E-state index is -2.19. The zero-order valence-corrected chi connectivity index (χ0v) is 14.1. The normalized spacial score (nSPS) is 32.2. The standard InChI is InChI=1S/C12H4B10ClNO/c13-3-2-7(6(16)5(15)4(3)14)22(23)10(19)1-9(17,18)12(20,21)8(25)11(2,10)24/h1,24H2. The molecule has 2 N–H and O–H groups in total. The Labute approximate surface area is 165 Å². The van der Waals surface area contributed by atoms with Crippen molar-refractivity contribution < 1.29 is 4.79 Å². The molecule has 0 aromatic heterocycles. The first kappa shape index (κ1) is 19.5. The number of halogens is 1. The Morgan fingerprint density at radius 3 is 1.92 bits per heavy atom. The van der Waals surface area contributed by atoms with Crippen LogP contribution in [-0.2, 0) is 10.3 Å². The number of rotatable bonds is 0. The highest BCUT2D eigenvalue weighted by molar-refractivity contribution is 7.20. The number of Topliss-reactive ketones (excluding diaryl/α,β-unsaturated/α-hetero) is 1. The van der Waals surface area contributed by atoms with Gasteiger partial charge in [0.25, 0.3) is 6.13 Å². The molecule has 18 radical (unpaired) electrons. The van der Waals surface area contributed by atoms with Gasteiger partial charge in [-0.05, 0) is 10.8 Å². The van der Waals surface area contributed by atoms with Gasteiger partial charge in [0, 0.05) is 0 Å². The van der Waals surface area contributed by atoms with E-state index in [0.29, 0.717) is 0 Å². The molecule has 100 valence electrons.